The van der Waals surface area contributed by atoms with Crippen molar-refractivity contribution in [3.05, 3.63) is 64.7 Å². The highest BCUT2D eigenvalue weighted by molar-refractivity contribution is 7.92. The minimum absolute atomic E-state index is 0.0558. The molecule has 3 rings (SSSR count). The summed E-state index contributed by atoms with van der Waals surface area (Å²) >= 11 is 0. The van der Waals surface area contributed by atoms with Crippen LogP contribution in [0.25, 0.3) is 0 Å². The van der Waals surface area contributed by atoms with Crippen molar-refractivity contribution in [1.29, 1.82) is 0 Å². The molecule has 1 amide bonds. The SMILES string of the molecule is C[C@H](NC(=O)CCCN(c1cccc(C(F)(F)F)c1)S(C)(=O)=O)c1ccc2c(c1)CCC2. The fourth-order valence-electron chi connectivity index (χ4n) is 3.97. The van der Waals surface area contributed by atoms with Crippen LogP contribution in [0.1, 0.15) is 54.5 Å². The molecule has 0 saturated carbocycles. The first-order valence-corrected chi connectivity index (χ1v) is 12.4. The van der Waals surface area contributed by atoms with Crippen molar-refractivity contribution >= 4 is 21.6 Å². The van der Waals surface area contributed by atoms with Crippen LogP contribution < -0.4 is 9.62 Å². The van der Waals surface area contributed by atoms with Gasteiger partial charge in [0.05, 0.1) is 23.5 Å². The normalized spacial score (nSPS) is 14.7. The second-order valence-corrected chi connectivity index (χ2v) is 10.1. The number of nitrogens with one attached hydrogen (secondary N) is 1. The molecule has 1 aliphatic carbocycles. The number of benzene rings is 2. The quantitative estimate of drug-likeness (QED) is 0.615. The lowest BCUT2D eigenvalue weighted by Crippen LogP contribution is -2.32. The molecule has 1 N–H and O–H groups in total. The van der Waals surface area contributed by atoms with Crippen LogP contribution in [0.2, 0.25) is 0 Å². The van der Waals surface area contributed by atoms with Crippen LogP contribution in [0.5, 0.6) is 0 Å². The maximum atomic E-state index is 13.0. The molecule has 0 bridgehead atoms. The molecule has 0 spiro atoms. The van der Waals surface area contributed by atoms with Gasteiger partial charge in [-0.2, -0.15) is 13.2 Å². The summed E-state index contributed by atoms with van der Waals surface area (Å²) in [6.45, 7) is 1.79. The molecule has 0 radical (unpaired) electrons. The Kier molecular flexibility index (Phi) is 7.17. The molecule has 2 aromatic carbocycles. The molecule has 9 heteroatoms. The molecule has 0 unspecified atom stereocenters. The van der Waals surface area contributed by atoms with E-state index in [-0.39, 0.29) is 37.0 Å². The summed E-state index contributed by atoms with van der Waals surface area (Å²) in [4.78, 5) is 12.4. The van der Waals surface area contributed by atoms with Gasteiger partial charge in [-0.05, 0) is 67.5 Å². The monoisotopic (exact) mass is 468 g/mol. The smallest absolute Gasteiger partial charge is 0.350 e. The number of hydrogen-bond acceptors (Lipinski definition) is 3. The molecule has 1 atom stereocenters. The highest BCUT2D eigenvalue weighted by Gasteiger charge is 2.31. The van der Waals surface area contributed by atoms with Gasteiger partial charge in [-0.15, -0.1) is 0 Å². The van der Waals surface area contributed by atoms with Gasteiger partial charge in [0, 0.05) is 13.0 Å². The van der Waals surface area contributed by atoms with Crippen molar-refractivity contribution in [2.75, 3.05) is 17.1 Å². The highest BCUT2D eigenvalue weighted by atomic mass is 32.2. The van der Waals surface area contributed by atoms with Crippen LogP contribution >= 0.6 is 0 Å². The summed E-state index contributed by atoms with van der Waals surface area (Å²) in [6, 6.07) is 10.2. The van der Waals surface area contributed by atoms with E-state index >= 15 is 0 Å². The minimum Gasteiger partial charge on any atom is -0.350 e. The Hall–Kier alpha value is -2.55. The van der Waals surface area contributed by atoms with E-state index in [9.17, 15) is 26.4 Å². The Morgan fingerprint density at radius 3 is 2.53 bits per heavy atom. The lowest BCUT2D eigenvalue weighted by molar-refractivity contribution is -0.137. The summed E-state index contributed by atoms with van der Waals surface area (Å²) in [5, 5.41) is 2.91. The summed E-state index contributed by atoms with van der Waals surface area (Å²) in [5.74, 6) is -0.240. The van der Waals surface area contributed by atoms with Gasteiger partial charge in [0.1, 0.15) is 0 Å². The summed E-state index contributed by atoms with van der Waals surface area (Å²) in [6.07, 6.45) is -0.148. The number of carbonyl (C=O) groups is 1. The third kappa shape index (κ3) is 6.03. The van der Waals surface area contributed by atoms with Crippen LogP contribution in [0.4, 0.5) is 18.9 Å². The predicted molar refractivity (Wildman–Crippen MR) is 118 cm³/mol. The molecule has 32 heavy (non-hydrogen) atoms. The van der Waals surface area contributed by atoms with Gasteiger partial charge >= 0.3 is 6.18 Å². The lowest BCUT2D eigenvalue weighted by Gasteiger charge is -2.23. The highest BCUT2D eigenvalue weighted by Crippen LogP contribution is 2.32. The average molecular weight is 469 g/mol. The molecule has 0 heterocycles. The first-order valence-electron chi connectivity index (χ1n) is 10.5. The number of fused-ring (bicyclic) bond motifs is 1. The summed E-state index contributed by atoms with van der Waals surface area (Å²) < 4.78 is 64.2. The molecule has 0 saturated heterocycles. The van der Waals surface area contributed by atoms with Crippen molar-refractivity contribution in [3.8, 4) is 0 Å². The van der Waals surface area contributed by atoms with Crippen molar-refractivity contribution in [2.45, 2.75) is 51.2 Å². The van der Waals surface area contributed by atoms with Crippen LogP contribution in [0.3, 0.4) is 0 Å². The Morgan fingerprint density at radius 2 is 1.84 bits per heavy atom. The minimum atomic E-state index is -4.58. The van der Waals surface area contributed by atoms with Gasteiger partial charge in [0.15, 0.2) is 0 Å². The number of carbonyl (C=O) groups excluding carboxylic acids is 1. The van der Waals surface area contributed by atoms with Gasteiger partial charge in [0.25, 0.3) is 0 Å². The topological polar surface area (TPSA) is 66.5 Å². The van der Waals surface area contributed by atoms with Crippen molar-refractivity contribution < 1.29 is 26.4 Å². The Morgan fingerprint density at radius 1 is 1.12 bits per heavy atom. The van der Waals surface area contributed by atoms with Crippen LogP contribution in [-0.4, -0.2) is 27.1 Å². The molecule has 2 aromatic rings. The number of aryl methyl sites for hydroxylation is 2. The standard InChI is InChI=1S/C23H27F3N2O3S/c1-16(18-12-11-17-6-3-7-19(17)14-18)27-22(29)10-5-13-28(32(2,30)31)21-9-4-8-20(15-21)23(24,25)26/h4,8-9,11-12,14-16H,3,5-7,10,13H2,1-2H3,(H,27,29)/t16-/m0/s1. The van der Waals surface area contributed by atoms with Crippen LogP contribution in [0.15, 0.2) is 42.5 Å². The van der Waals surface area contributed by atoms with Gasteiger partial charge in [-0.25, -0.2) is 8.42 Å². The third-order valence-electron chi connectivity index (χ3n) is 5.63. The third-order valence-corrected chi connectivity index (χ3v) is 6.82. The van der Waals surface area contributed by atoms with Crippen LogP contribution in [0, 0.1) is 0 Å². The molecule has 0 aromatic heterocycles. The van der Waals surface area contributed by atoms with Gasteiger partial charge in [-0.1, -0.05) is 24.3 Å². The van der Waals surface area contributed by atoms with E-state index in [1.54, 1.807) is 0 Å². The number of halogens is 3. The second kappa shape index (κ2) is 9.52. The van der Waals surface area contributed by atoms with E-state index in [1.165, 1.54) is 23.3 Å². The van der Waals surface area contributed by atoms with Crippen molar-refractivity contribution in [3.63, 3.8) is 0 Å². The van der Waals surface area contributed by atoms with Crippen molar-refractivity contribution in [2.24, 2.45) is 0 Å². The number of alkyl halides is 3. The van der Waals surface area contributed by atoms with E-state index in [2.05, 4.69) is 17.4 Å². The Labute approximate surface area is 186 Å². The van der Waals surface area contributed by atoms with E-state index in [0.717, 1.165) is 47.5 Å². The van der Waals surface area contributed by atoms with Gasteiger partial charge in [0.2, 0.25) is 15.9 Å². The number of sulfonamides is 1. The molecule has 1 aliphatic rings. The number of hydrogen-bond donors (Lipinski definition) is 1. The molecular formula is C23H27F3N2O3S. The van der Waals surface area contributed by atoms with Crippen LogP contribution in [-0.2, 0) is 33.8 Å². The Bertz CT molecular complexity index is 1080. The largest absolute Gasteiger partial charge is 0.416 e. The second-order valence-electron chi connectivity index (χ2n) is 8.16. The number of amides is 1. The van der Waals surface area contributed by atoms with Gasteiger partial charge in [-0.3, -0.25) is 9.10 Å². The van der Waals surface area contributed by atoms with E-state index in [4.69, 9.17) is 0 Å². The number of anilines is 1. The van der Waals surface area contributed by atoms with Gasteiger partial charge < -0.3 is 5.32 Å². The number of rotatable bonds is 8. The fraction of sp³-hybridized carbons (Fsp3) is 0.435. The maximum absolute atomic E-state index is 13.0. The molecule has 174 valence electrons. The van der Waals surface area contributed by atoms with E-state index < -0.39 is 21.8 Å². The Balaban J connectivity index is 1.60. The summed E-state index contributed by atoms with van der Waals surface area (Å²) in [5.41, 5.74) is 2.68. The van der Waals surface area contributed by atoms with E-state index in [1.807, 2.05) is 13.0 Å². The maximum Gasteiger partial charge on any atom is 0.416 e. The fourth-order valence-corrected chi connectivity index (χ4v) is 4.92. The predicted octanol–water partition coefficient (Wildman–Crippen LogP) is 4.62. The molecule has 0 fully saturated rings. The molecular weight excluding hydrogens is 441 g/mol. The summed E-state index contributed by atoms with van der Waals surface area (Å²) in [7, 11) is -3.82. The zero-order valence-electron chi connectivity index (χ0n) is 18.1. The lowest BCUT2D eigenvalue weighted by atomic mass is 10.0. The van der Waals surface area contributed by atoms with E-state index in [0.29, 0.717) is 0 Å². The zero-order valence-corrected chi connectivity index (χ0v) is 18.9. The molecule has 0 aliphatic heterocycles. The first kappa shape index (κ1) is 24.1. The van der Waals surface area contributed by atoms with Crippen molar-refractivity contribution in [1.82, 2.24) is 5.32 Å². The first-order chi connectivity index (χ1) is 14.9. The number of nitrogens with zero attached hydrogens (tertiary/aromatic N) is 1. The molecule has 5 nitrogen and oxygen atoms in total. The zero-order chi connectivity index (χ0) is 23.5. The average Bonchev–Trinajstić information content (AvgIpc) is 3.17.